The molecular formula is C10H17NOS. The van der Waals surface area contributed by atoms with Crippen LogP contribution < -0.4 is 0 Å². The fraction of sp³-hybridized carbons (Fsp3) is 0.600. The molecule has 0 radical (unpaired) electrons. The Morgan fingerprint density at radius 2 is 1.85 bits per heavy atom. The summed E-state index contributed by atoms with van der Waals surface area (Å²) >= 11 is 1.70. The van der Waals surface area contributed by atoms with Gasteiger partial charge < -0.3 is 5.11 Å². The van der Waals surface area contributed by atoms with E-state index < -0.39 is 0 Å². The minimum atomic E-state index is 0.170. The first-order valence-corrected chi connectivity index (χ1v) is 5.52. The molecule has 1 N–H and O–H groups in total. The van der Waals surface area contributed by atoms with Crippen LogP contribution in [0.5, 0.6) is 0 Å². The molecule has 0 spiro atoms. The van der Waals surface area contributed by atoms with Crippen LogP contribution in [0, 0.1) is 0 Å². The maximum absolute atomic E-state index is 8.90. The standard InChI is InChI=1S/C10H17NOS/c1-3-11(4-2)7-9-5-6-10(8-12)13-9/h5-6,12H,3-4,7-8H2,1-2H3. The minimum absolute atomic E-state index is 0.170. The van der Waals surface area contributed by atoms with Crippen LogP contribution in [-0.2, 0) is 13.2 Å². The maximum Gasteiger partial charge on any atom is 0.0774 e. The third kappa shape index (κ3) is 3.10. The highest BCUT2D eigenvalue weighted by Gasteiger charge is 2.03. The molecule has 3 heteroatoms. The second-order valence-electron chi connectivity index (χ2n) is 2.99. The molecule has 0 saturated heterocycles. The smallest absolute Gasteiger partial charge is 0.0774 e. The second-order valence-corrected chi connectivity index (χ2v) is 4.24. The Kier molecular flexibility index (Phi) is 4.42. The zero-order chi connectivity index (χ0) is 9.68. The van der Waals surface area contributed by atoms with E-state index in [1.165, 1.54) is 4.88 Å². The third-order valence-corrected chi connectivity index (χ3v) is 3.20. The fourth-order valence-electron chi connectivity index (χ4n) is 1.26. The summed E-state index contributed by atoms with van der Waals surface area (Å²) in [7, 11) is 0. The third-order valence-electron chi connectivity index (χ3n) is 2.15. The van der Waals surface area contributed by atoms with Gasteiger partial charge in [0, 0.05) is 16.3 Å². The van der Waals surface area contributed by atoms with Crippen molar-refractivity contribution in [3.8, 4) is 0 Å². The van der Waals surface area contributed by atoms with Gasteiger partial charge in [-0.05, 0) is 25.2 Å². The molecule has 0 aromatic carbocycles. The number of nitrogens with zero attached hydrogens (tertiary/aromatic N) is 1. The van der Waals surface area contributed by atoms with Gasteiger partial charge in [0.05, 0.1) is 6.61 Å². The van der Waals surface area contributed by atoms with Crippen LogP contribution in [0.2, 0.25) is 0 Å². The van der Waals surface area contributed by atoms with Crippen molar-refractivity contribution in [2.24, 2.45) is 0 Å². The van der Waals surface area contributed by atoms with Crippen molar-refractivity contribution >= 4 is 11.3 Å². The monoisotopic (exact) mass is 199 g/mol. The lowest BCUT2D eigenvalue weighted by atomic mass is 10.4. The first-order chi connectivity index (χ1) is 6.30. The van der Waals surface area contributed by atoms with E-state index in [-0.39, 0.29) is 6.61 Å². The Hall–Kier alpha value is -0.380. The van der Waals surface area contributed by atoms with Crippen molar-refractivity contribution < 1.29 is 5.11 Å². The summed E-state index contributed by atoms with van der Waals surface area (Å²) in [6, 6.07) is 4.11. The molecule has 2 nitrogen and oxygen atoms in total. The summed E-state index contributed by atoms with van der Waals surface area (Å²) in [5.74, 6) is 0. The predicted molar refractivity (Wildman–Crippen MR) is 56.9 cm³/mol. The predicted octanol–water partition coefficient (Wildman–Crippen LogP) is 2.08. The zero-order valence-corrected chi connectivity index (χ0v) is 9.10. The van der Waals surface area contributed by atoms with Crippen LogP contribution >= 0.6 is 11.3 Å². The number of rotatable bonds is 5. The number of aliphatic hydroxyl groups is 1. The van der Waals surface area contributed by atoms with Crippen LogP contribution in [0.25, 0.3) is 0 Å². The Morgan fingerprint density at radius 3 is 2.31 bits per heavy atom. The van der Waals surface area contributed by atoms with Gasteiger partial charge in [0.2, 0.25) is 0 Å². The first kappa shape index (κ1) is 10.7. The number of hydrogen-bond donors (Lipinski definition) is 1. The molecule has 1 rings (SSSR count). The highest BCUT2D eigenvalue weighted by Crippen LogP contribution is 2.17. The van der Waals surface area contributed by atoms with Gasteiger partial charge in [-0.25, -0.2) is 0 Å². The lowest BCUT2D eigenvalue weighted by Crippen LogP contribution is -2.21. The molecule has 1 aromatic heterocycles. The summed E-state index contributed by atoms with van der Waals surface area (Å²) in [5.41, 5.74) is 0. The highest BCUT2D eigenvalue weighted by molar-refractivity contribution is 7.11. The van der Waals surface area contributed by atoms with E-state index in [9.17, 15) is 0 Å². The zero-order valence-electron chi connectivity index (χ0n) is 8.29. The highest BCUT2D eigenvalue weighted by atomic mass is 32.1. The molecular weight excluding hydrogens is 182 g/mol. The van der Waals surface area contributed by atoms with E-state index in [1.807, 2.05) is 6.07 Å². The van der Waals surface area contributed by atoms with Crippen LogP contribution in [0.4, 0.5) is 0 Å². The summed E-state index contributed by atoms with van der Waals surface area (Å²) < 4.78 is 0. The Balaban J connectivity index is 2.52. The van der Waals surface area contributed by atoms with E-state index in [1.54, 1.807) is 11.3 Å². The van der Waals surface area contributed by atoms with E-state index in [4.69, 9.17) is 5.11 Å². The van der Waals surface area contributed by atoms with E-state index in [0.717, 1.165) is 24.5 Å². The quantitative estimate of drug-likeness (QED) is 0.785. The van der Waals surface area contributed by atoms with Crippen LogP contribution in [0.3, 0.4) is 0 Å². The average Bonchev–Trinajstić information content (AvgIpc) is 2.61. The molecule has 0 saturated carbocycles. The number of hydrogen-bond acceptors (Lipinski definition) is 3. The van der Waals surface area contributed by atoms with E-state index >= 15 is 0 Å². The summed E-state index contributed by atoms with van der Waals surface area (Å²) in [5, 5.41) is 8.90. The summed E-state index contributed by atoms with van der Waals surface area (Å²) in [6.45, 7) is 7.69. The fourth-order valence-corrected chi connectivity index (χ4v) is 2.18. The van der Waals surface area contributed by atoms with Crippen LogP contribution in [-0.4, -0.2) is 23.1 Å². The van der Waals surface area contributed by atoms with Gasteiger partial charge in [0.25, 0.3) is 0 Å². The van der Waals surface area contributed by atoms with Crippen LogP contribution in [0.1, 0.15) is 23.6 Å². The molecule has 13 heavy (non-hydrogen) atoms. The van der Waals surface area contributed by atoms with Crippen molar-refractivity contribution in [3.63, 3.8) is 0 Å². The van der Waals surface area contributed by atoms with Gasteiger partial charge in [-0.15, -0.1) is 11.3 Å². The normalized spacial score (nSPS) is 11.1. The van der Waals surface area contributed by atoms with Crippen LogP contribution in [0.15, 0.2) is 12.1 Å². The Labute approximate surface area is 83.8 Å². The molecule has 0 fully saturated rings. The molecule has 0 aliphatic carbocycles. The summed E-state index contributed by atoms with van der Waals surface area (Å²) in [4.78, 5) is 4.77. The van der Waals surface area contributed by atoms with Crippen molar-refractivity contribution in [3.05, 3.63) is 21.9 Å². The van der Waals surface area contributed by atoms with Gasteiger partial charge in [-0.3, -0.25) is 4.90 Å². The SMILES string of the molecule is CCN(CC)Cc1ccc(CO)s1. The molecule has 0 bridgehead atoms. The van der Waals surface area contributed by atoms with Crippen molar-refractivity contribution in [1.29, 1.82) is 0 Å². The summed E-state index contributed by atoms with van der Waals surface area (Å²) in [6.07, 6.45) is 0. The molecule has 0 atom stereocenters. The van der Waals surface area contributed by atoms with Gasteiger partial charge in [-0.1, -0.05) is 13.8 Å². The van der Waals surface area contributed by atoms with E-state index in [0.29, 0.717) is 0 Å². The topological polar surface area (TPSA) is 23.5 Å². The molecule has 74 valence electrons. The van der Waals surface area contributed by atoms with Gasteiger partial charge in [0.15, 0.2) is 0 Å². The van der Waals surface area contributed by atoms with Gasteiger partial charge in [-0.2, -0.15) is 0 Å². The first-order valence-electron chi connectivity index (χ1n) is 4.71. The molecule has 1 heterocycles. The Bertz CT molecular complexity index is 243. The molecule has 0 amide bonds. The second kappa shape index (κ2) is 5.37. The lowest BCUT2D eigenvalue weighted by molar-refractivity contribution is 0.285. The average molecular weight is 199 g/mol. The lowest BCUT2D eigenvalue weighted by Gasteiger charge is -2.16. The van der Waals surface area contributed by atoms with Gasteiger partial charge in [0.1, 0.15) is 0 Å². The molecule has 0 unspecified atom stereocenters. The maximum atomic E-state index is 8.90. The van der Waals surface area contributed by atoms with Crippen molar-refractivity contribution in [1.82, 2.24) is 4.90 Å². The van der Waals surface area contributed by atoms with Gasteiger partial charge >= 0.3 is 0 Å². The largest absolute Gasteiger partial charge is 0.391 e. The van der Waals surface area contributed by atoms with Crippen molar-refractivity contribution in [2.45, 2.75) is 27.0 Å². The van der Waals surface area contributed by atoms with E-state index in [2.05, 4.69) is 24.8 Å². The molecule has 0 aliphatic heterocycles. The van der Waals surface area contributed by atoms with Crippen molar-refractivity contribution in [2.75, 3.05) is 13.1 Å². The minimum Gasteiger partial charge on any atom is -0.391 e. The number of aliphatic hydroxyl groups excluding tert-OH is 1. The molecule has 0 aliphatic rings. The molecule has 1 aromatic rings. The Morgan fingerprint density at radius 1 is 1.23 bits per heavy atom. The number of thiophene rings is 1.